The van der Waals surface area contributed by atoms with Crippen LogP contribution in [0.4, 0.5) is 0 Å². The SMILES string of the molecule is O=Cc1ccnc(Cc2cccc(Br)c2)n1. The van der Waals surface area contributed by atoms with Crippen molar-refractivity contribution in [2.45, 2.75) is 6.42 Å². The highest BCUT2D eigenvalue weighted by atomic mass is 79.9. The van der Waals surface area contributed by atoms with Crippen molar-refractivity contribution >= 4 is 22.2 Å². The van der Waals surface area contributed by atoms with Crippen molar-refractivity contribution in [3.8, 4) is 0 Å². The van der Waals surface area contributed by atoms with Crippen LogP contribution in [0.5, 0.6) is 0 Å². The first kappa shape index (κ1) is 11.0. The summed E-state index contributed by atoms with van der Waals surface area (Å²) < 4.78 is 1.02. The molecule has 0 bridgehead atoms. The summed E-state index contributed by atoms with van der Waals surface area (Å²) in [4.78, 5) is 18.8. The van der Waals surface area contributed by atoms with Crippen molar-refractivity contribution in [1.82, 2.24) is 9.97 Å². The van der Waals surface area contributed by atoms with Gasteiger partial charge in [-0.05, 0) is 23.8 Å². The van der Waals surface area contributed by atoms with E-state index in [4.69, 9.17) is 0 Å². The second kappa shape index (κ2) is 4.99. The van der Waals surface area contributed by atoms with Crippen LogP contribution in [0, 0.1) is 0 Å². The minimum absolute atomic E-state index is 0.417. The van der Waals surface area contributed by atoms with E-state index in [-0.39, 0.29) is 0 Å². The number of carbonyl (C=O) groups is 1. The molecule has 1 aromatic heterocycles. The van der Waals surface area contributed by atoms with E-state index >= 15 is 0 Å². The topological polar surface area (TPSA) is 42.9 Å². The van der Waals surface area contributed by atoms with Gasteiger partial charge in [0.1, 0.15) is 11.5 Å². The fraction of sp³-hybridized carbons (Fsp3) is 0.0833. The highest BCUT2D eigenvalue weighted by molar-refractivity contribution is 9.10. The Labute approximate surface area is 102 Å². The molecule has 0 radical (unpaired) electrons. The average Bonchev–Trinajstić information content (AvgIpc) is 2.29. The number of nitrogens with zero attached hydrogens (tertiary/aromatic N) is 2. The van der Waals surface area contributed by atoms with E-state index in [1.54, 1.807) is 12.3 Å². The third-order valence-electron chi connectivity index (χ3n) is 2.10. The molecular weight excluding hydrogens is 268 g/mol. The summed E-state index contributed by atoms with van der Waals surface area (Å²) >= 11 is 3.41. The number of aldehydes is 1. The predicted octanol–water partition coefficient (Wildman–Crippen LogP) is 2.64. The average molecular weight is 277 g/mol. The van der Waals surface area contributed by atoms with Gasteiger partial charge in [-0.3, -0.25) is 4.79 Å². The Morgan fingerprint density at radius 1 is 1.31 bits per heavy atom. The van der Waals surface area contributed by atoms with Crippen molar-refractivity contribution in [2.75, 3.05) is 0 Å². The summed E-state index contributed by atoms with van der Waals surface area (Å²) in [6, 6.07) is 9.53. The number of aromatic nitrogens is 2. The van der Waals surface area contributed by atoms with Crippen LogP contribution in [0.3, 0.4) is 0 Å². The van der Waals surface area contributed by atoms with E-state index in [2.05, 4.69) is 25.9 Å². The van der Waals surface area contributed by atoms with Gasteiger partial charge in [-0.1, -0.05) is 28.1 Å². The van der Waals surface area contributed by atoms with Crippen LogP contribution in [-0.2, 0) is 6.42 Å². The van der Waals surface area contributed by atoms with Gasteiger partial charge in [0.2, 0.25) is 0 Å². The Balaban J connectivity index is 2.23. The number of halogens is 1. The van der Waals surface area contributed by atoms with Crippen LogP contribution in [0.2, 0.25) is 0 Å². The lowest BCUT2D eigenvalue weighted by molar-refractivity contribution is 0.111. The van der Waals surface area contributed by atoms with Gasteiger partial charge in [0.15, 0.2) is 6.29 Å². The van der Waals surface area contributed by atoms with E-state index in [1.807, 2.05) is 24.3 Å². The zero-order chi connectivity index (χ0) is 11.4. The first-order chi connectivity index (χ1) is 7.78. The number of carbonyl (C=O) groups excluding carboxylic acids is 1. The molecule has 0 saturated heterocycles. The molecule has 0 aliphatic rings. The van der Waals surface area contributed by atoms with Gasteiger partial charge >= 0.3 is 0 Å². The summed E-state index contributed by atoms with van der Waals surface area (Å²) in [5.74, 6) is 0.655. The molecule has 4 heteroatoms. The Kier molecular flexibility index (Phi) is 3.41. The summed E-state index contributed by atoms with van der Waals surface area (Å²) in [5.41, 5.74) is 1.53. The number of benzene rings is 1. The fourth-order valence-electron chi connectivity index (χ4n) is 1.40. The number of hydrogen-bond donors (Lipinski definition) is 0. The standard InChI is InChI=1S/C12H9BrN2O/c13-10-3-1-2-9(6-10)7-12-14-5-4-11(8-16)15-12/h1-6,8H,7H2. The molecule has 0 N–H and O–H groups in total. The summed E-state index contributed by atoms with van der Waals surface area (Å²) in [6.07, 6.45) is 2.96. The minimum Gasteiger partial charge on any atom is -0.296 e. The lowest BCUT2D eigenvalue weighted by atomic mass is 10.1. The van der Waals surface area contributed by atoms with Crippen molar-refractivity contribution < 1.29 is 4.79 Å². The molecule has 0 unspecified atom stereocenters. The zero-order valence-electron chi connectivity index (χ0n) is 8.43. The van der Waals surface area contributed by atoms with Crippen molar-refractivity contribution in [3.05, 3.63) is 58.1 Å². The molecule has 0 aliphatic heterocycles. The Hall–Kier alpha value is -1.55. The van der Waals surface area contributed by atoms with Crippen LogP contribution < -0.4 is 0 Å². The molecule has 0 amide bonds. The van der Waals surface area contributed by atoms with Crippen LogP contribution in [0.15, 0.2) is 41.0 Å². The van der Waals surface area contributed by atoms with E-state index < -0.39 is 0 Å². The third kappa shape index (κ3) is 2.73. The molecule has 0 spiro atoms. The maximum Gasteiger partial charge on any atom is 0.168 e. The zero-order valence-corrected chi connectivity index (χ0v) is 10.0. The highest BCUT2D eigenvalue weighted by Crippen LogP contribution is 2.13. The fourth-order valence-corrected chi connectivity index (χ4v) is 1.84. The Bertz CT molecular complexity index is 514. The largest absolute Gasteiger partial charge is 0.296 e. The highest BCUT2D eigenvalue weighted by Gasteiger charge is 2.01. The van der Waals surface area contributed by atoms with Crippen molar-refractivity contribution in [3.63, 3.8) is 0 Å². The molecule has 2 aromatic rings. The Morgan fingerprint density at radius 2 is 2.19 bits per heavy atom. The second-order valence-electron chi connectivity index (χ2n) is 3.32. The monoisotopic (exact) mass is 276 g/mol. The number of rotatable bonds is 3. The van der Waals surface area contributed by atoms with Gasteiger partial charge in [-0.15, -0.1) is 0 Å². The lowest BCUT2D eigenvalue weighted by Crippen LogP contribution is -1.99. The molecule has 16 heavy (non-hydrogen) atoms. The van der Waals surface area contributed by atoms with Gasteiger partial charge in [0, 0.05) is 17.1 Å². The second-order valence-corrected chi connectivity index (χ2v) is 4.24. The molecule has 80 valence electrons. The predicted molar refractivity (Wildman–Crippen MR) is 64.4 cm³/mol. The minimum atomic E-state index is 0.417. The maximum absolute atomic E-state index is 10.6. The first-order valence-corrected chi connectivity index (χ1v) is 5.59. The quantitative estimate of drug-likeness (QED) is 0.810. The molecule has 0 saturated carbocycles. The summed E-state index contributed by atoms with van der Waals surface area (Å²) in [7, 11) is 0. The van der Waals surface area contributed by atoms with Crippen molar-refractivity contribution in [1.29, 1.82) is 0 Å². The van der Waals surface area contributed by atoms with E-state index in [1.165, 1.54) is 0 Å². The van der Waals surface area contributed by atoms with Crippen LogP contribution in [-0.4, -0.2) is 16.3 Å². The molecule has 1 heterocycles. The van der Waals surface area contributed by atoms with Crippen LogP contribution >= 0.6 is 15.9 Å². The molecule has 2 rings (SSSR count). The van der Waals surface area contributed by atoms with E-state index in [0.29, 0.717) is 17.9 Å². The smallest absolute Gasteiger partial charge is 0.168 e. The normalized spacial score (nSPS) is 10.1. The van der Waals surface area contributed by atoms with Crippen LogP contribution in [0.1, 0.15) is 21.9 Å². The van der Waals surface area contributed by atoms with Crippen molar-refractivity contribution in [2.24, 2.45) is 0 Å². The third-order valence-corrected chi connectivity index (χ3v) is 2.59. The van der Waals surface area contributed by atoms with Gasteiger partial charge < -0.3 is 0 Å². The summed E-state index contributed by atoms with van der Waals surface area (Å²) in [6.45, 7) is 0. The van der Waals surface area contributed by atoms with E-state index in [0.717, 1.165) is 16.3 Å². The molecular formula is C12H9BrN2O. The van der Waals surface area contributed by atoms with Gasteiger partial charge in [0.05, 0.1) is 0 Å². The molecule has 0 atom stereocenters. The van der Waals surface area contributed by atoms with Crippen LogP contribution in [0.25, 0.3) is 0 Å². The first-order valence-electron chi connectivity index (χ1n) is 4.79. The summed E-state index contributed by atoms with van der Waals surface area (Å²) in [5, 5.41) is 0. The van der Waals surface area contributed by atoms with E-state index in [9.17, 15) is 4.79 Å². The lowest BCUT2D eigenvalue weighted by Gasteiger charge is -2.01. The maximum atomic E-state index is 10.6. The number of hydrogen-bond acceptors (Lipinski definition) is 3. The molecule has 1 aromatic carbocycles. The molecule has 3 nitrogen and oxygen atoms in total. The molecule has 0 aliphatic carbocycles. The van der Waals surface area contributed by atoms with Gasteiger partial charge in [-0.2, -0.15) is 0 Å². The Morgan fingerprint density at radius 3 is 2.94 bits per heavy atom. The van der Waals surface area contributed by atoms with Gasteiger partial charge in [0.25, 0.3) is 0 Å². The molecule has 0 fully saturated rings. The van der Waals surface area contributed by atoms with Gasteiger partial charge in [-0.25, -0.2) is 9.97 Å².